The van der Waals surface area contributed by atoms with Crippen molar-refractivity contribution in [1.29, 1.82) is 0 Å². The number of carbonyl (C=O) groups excluding carboxylic acids is 1. The maximum absolute atomic E-state index is 12.6. The van der Waals surface area contributed by atoms with Gasteiger partial charge >= 0.3 is 0 Å². The summed E-state index contributed by atoms with van der Waals surface area (Å²) in [6.45, 7) is 8.98. The van der Waals surface area contributed by atoms with Gasteiger partial charge in [0.1, 0.15) is 6.54 Å². The molecule has 0 unspecified atom stereocenters. The summed E-state index contributed by atoms with van der Waals surface area (Å²) >= 11 is 0. The van der Waals surface area contributed by atoms with E-state index in [-0.39, 0.29) is 12.5 Å². The number of anilines is 1. The van der Waals surface area contributed by atoms with Crippen LogP contribution in [0.2, 0.25) is 0 Å². The quantitative estimate of drug-likeness (QED) is 0.731. The number of hydrogen-bond acceptors (Lipinski definition) is 3. The highest BCUT2D eigenvalue weighted by atomic mass is 32.2. The number of hydrogen-bond donors (Lipinski definition) is 0. The van der Waals surface area contributed by atoms with Crippen LogP contribution in [0.5, 0.6) is 0 Å². The molecule has 0 aromatic heterocycles. The van der Waals surface area contributed by atoms with Gasteiger partial charge in [-0.2, -0.15) is 0 Å². The summed E-state index contributed by atoms with van der Waals surface area (Å²) < 4.78 is 25.6. The van der Waals surface area contributed by atoms with Crippen LogP contribution in [0.3, 0.4) is 0 Å². The number of benzene rings is 1. The van der Waals surface area contributed by atoms with E-state index in [0.29, 0.717) is 18.8 Å². The van der Waals surface area contributed by atoms with Crippen molar-refractivity contribution in [2.24, 2.45) is 0 Å². The monoisotopic (exact) mass is 340 g/mol. The van der Waals surface area contributed by atoms with Crippen molar-refractivity contribution < 1.29 is 13.2 Å². The second kappa shape index (κ2) is 8.34. The van der Waals surface area contributed by atoms with Crippen molar-refractivity contribution in [3.63, 3.8) is 0 Å². The zero-order chi connectivity index (χ0) is 17.6. The van der Waals surface area contributed by atoms with Crippen LogP contribution in [0, 0.1) is 13.8 Å². The molecule has 1 aromatic carbocycles. The Morgan fingerprint density at radius 1 is 1.09 bits per heavy atom. The van der Waals surface area contributed by atoms with Gasteiger partial charge in [-0.15, -0.1) is 0 Å². The van der Waals surface area contributed by atoms with E-state index in [2.05, 4.69) is 0 Å². The van der Waals surface area contributed by atoms with Crippen molar-refractivity contribution >= 4 is 21.6 Å². The second-order valence-electron chi connectivity index (χ2n) is 5.94. The molecule has 0 bridgehead atoms. The summed E-state index contributed by atoms with van der Waals surface area (Å²) in [6, 6.07) is 5.55. The predicted octanol–water partition coefficient (Wildman–Crippen LogP) is 2.72. The standard InChI is InChI=1S/C17H28N2O3S/c1-6-10-18(11-7-2)17(20)13-19(23(5,21)22)16-9-8-14(3)12-15(16)4/h8-9,12H,6-7,10-11,13H2,1-5H3. The summed E-state index contributed by atoms with van der Waals surface area (Å²) in [4.78, 5) is 14.3. The van der Waals surface area contributed by atoms with Crippen molar-refractivity contribution in [3.05, 3.63) is 29.3 Å². The van der Waals surface area contributed by atoms with Crippen molar-refractivity contribution in [2.75, 3.05) is 30.2 Å². The first-order chi connectivity index (χ1) is 10.7. The number of rotatable bonds is 8. The molecule has 0 aliphatic rings. The fraction of sp³-hybridized carbons (Fsp3) is 0.588. The molecule has 0 saturated carbocycles. The Morgan fingerprint density at radius 3 is 2.09 bits per heavy atom. The Labute approximate surface area is 140 Å². The van der Waals surface area contributed by atoms with Gasteiger partial charge in [0.25, 0.3) is 0 Å². The molecule has 0 radical (unpaired) electrons. The van der Waals surface area contributed by atoms with Gasteiger partial charge in [-0.25, -0.2) is 8.42 Å². The summed E-state index contributed by atoms with van der Waals surface area (Å²) in [5.41, 5.74) is 2.48. The highest BCUT2D eigenvalue weighted by Gasteiger charge is 2.24. The minimum absolute atomic E-state index is 0.150. The molecule has 0 aliphatic heterocycles. The van der Waals surface area contributed by atoms with E-state index in [4.69, 9.17) is 0 Å². The van der Waals surface area contributed by atoms with Crippen molar-refractivity contribution in [1.82, 2.24) is 4.90 Å². The molecule has 0 saturated heterocycles. The zero-order valence-corrected chi connectivity index (χ0v) is 15.6. The fourth-order valence-corrected chi connectivity index (χ4v) is 3.50. The van der Waals surface area contributed by atoms with E-state index >= 15 is 0 Å². The van der Waals surface area contributed by atoms with Crippen LogP contribution in [0.4, 0.5) is 5.69 Å². The smallest absolute Gasteiger partial charge is 0.243 e. The second-order valence-corrected chi connectivity index (χ2v) is 7.85. The normalized spacial score (nSPS) is 11.3. The lowest BCUT2D eigenvalue weighted by molar-refractivity contribution is -0.129. The zero-order valence-electron chi connectivity index (χ0n) is 14.8. The highest BCUT2D eigenvalue weighted by molar-refractivity contribution is 7.92. The molecule has 0 aliphatic carbocycles. The van der Waals surface area contributed by atoms with Crippen LogP contribution in [-0.2, 0) is 14.8 Å². The third-order valence-corrected chi connectivity index (χ3v) is 4.77. The molecular weight excluding hydrogens is 312 g/mol. The predicted molar refractivity (Wildman–Crippen MR) is 95.3 cm³/mol. The fourth-order valence-electron chi connectivity index (χ4n) is 2.59. The van der Waals surface area contributed by atoms with E-state index in [1.165, 1.54) is 4.31 Å². The third kappa shape index (κ3) is 5.53. The SMILES string of the molecule is CCCN(CCC)C(=O)CN(c1ccc(C)cc1C)S(C)(=O)=O. The van der Waals surface area contributed by atoms with E-state index in [1.807, 2.05) is 39.8 Å². The Hall–Kier alpha value is -1.56. The lowest BCUT2D eigenvalue weighted by Gasteiger charge is -2.28. The third-order valence-electron chi connectivity index (χ3n) is 3.64. The number of amides is 1. The summed E-state index contributed by atoms with van der Waals surface area (Å²) in [5.74, 6) is -0.154. The molecule has 0 heterocycles. The first-order valence-electron chi connectivity index (χ1n) is 8.03. The van der Waals surface area contributed by atoms with E-state index in [0.717, 1.165) is 30.2 Å². The first kappa shape index (κ1) is 19.5. The average molecular weight is 340 g/mol. The number of carbonyl (C=O) groups is 1. The van der Waals surface area contributed by atoms with Gasteiger partial charge in [-0.3, -0.25) is 9.10 Å². The van der Waals surface area contributed by atoms with Crippen LogP contribution in [0.15, 0.2) is 18.2 Å². The van der Waals surface area contributed by atoms with Crippen LogP contribution in [0.25, 0.3) is 0 Å². The molecular formula is C17H28N2O3S. The van der Waals surface area contributed by atoms with Gasteiger partial charge in [0.15, 0.2) is 0 Å². The molecule has 23 heavy (non-hydrogen) atoms. The van der Waals surface area contributed by atoms with Gasteiger partial charge < -0.3 is 4.90 Å². The molecule has 1 aromatic rings. The van der Waals surface area contributed by atoms with E-state index in [1.54, 1.807) is 11.0 Å². The molecule has 1 rings (SSSR count). The number of nitrogens with zero attached hydrogens (tertiary/aromatic N) is 2. The van der Waals surface area contributed by atoms with Crippen molar-refractivity contribution in [3.8, 4) is 0 Å². The molecule has 0 N–H and O–H groups in total. The molecule has 0 spiro atoms. The lowest BCUT2D eigenvalue weighted by Crippen LogP contribution is -2.43. The van der Waals surface area contributed by atoms with Gasteiger partial charge in [0.05, 0.1) is 11.9 Å². The average Bonchev–Trinajstić information content (AvgIpc) is 2.44. The number of sulfonamides is 1. The highest BCUT2D eigenvalue weighted by Crippen LogP contribution is 2.23. The molecule has 6 heteroatoms. The molecule has 5 nitrogen and oxygen atoms in total. The molecule has 130 valence electrons. The Balaban J connectivity index is 3.11. The summed E-state index contributed by atoms with van der Waals surface area (Å²) in [5, 5.41) is 0. The Kier molecular flexibility index (Phi) is 7.06. The lowest BCUT2D eigenvalue weighted by atomic mass is 10.1. The topological polar surface area (TPSA) is 57.7 Å². The van der Waals surface area contributed by atoms with E-state index in [9.17, 15) is 13.2 Å². The minimum atomic E-state index is -3.53. The minimum Gasteiger partial charge on any atom is -0.341 e. The van der Waals surface area contributed by atoms with Gasteiger partial charge in [-0.1, -0.05) is 31.5 Å². The maximum Gasteiger partial charge on any atom is 0.243 e. The Bertz CT molecular complexity index is 635. The number of aryl methyl sites for hydroxylation is 2. The van der Waals surface area contributed by atoms with Crippen LogP contribution < -0.4 is 4.31 Å². The first-order valence-corrected chi connectivity index (χ1v) is 9.88. The van der Waals surface area contributed by atoms with Gasteiger partial charge in [0.2, 0.25) is 15.9 Å². The van der Waals surface area contributed by atoms with Crippen LogP contribution in [-0.4, -0.2) is 45.1 Å². The summed E-state index contributed by atoms with van der Waals surface area (Å²) in [6.07, 6.45) is 2.85. The van der Waals surface area contributed by atoms with Crippen molar-refractivity contribution in [2.45, 2.75) is 40.5 Å². The summed E-state index contributed by atoms with van der Waals surface area (Å²) in [7, 11) is -3.53. The molecule has 1 amide bonds. The Morgan fingerprint density at radius 2 is 1.65 bits per heavy atom. The maximum atomic E-state index is 12.6. The largest absolute Gasteiger partial charge is 0.341 e. The van der Waals surface area contributed by atoms with Gasteiger partial charge in [-0.05, 0) is 38.3 Å². The molecule has 0 fully saturated rings. The molecule has 0 atom stereocenters. The van der Waals surface area contributed by atoms with E-state index < -0.39 is 10.0 Å². The van der Waals surface area contributed by atoms with Crippen LogP contribution >= 0.6 is 0 Å². The van der Waals surface area contributed by atoms with Crippen LogP contribution in [0.1, 0.15) is 37.8 Å². The van der Waals surface area contributed by atoms with Gasteiger partial charge in [0, 0.05) is 13.1 Å².